The second-order valence-electron chi connectivity index (χ2n) is 6.28. The predicted octanol–water partition coefficient (Wildman–Crippen LogP) is 3.42. The number of methoxy groups -OCH3 is 1. The number of hydrogen-bond donors (Lipinski definition) is 1. The van der Waals surface area contributed by atoms with Crippen LogP contribution in [-0.4, -0.2) is 31.6 Å². The van der Waals surface area contributed by atoms with E-state index in [-0.39, 0.29) is 0 Å². The molecule has 2 rings (SSSR count). The molecule has 0 spiro atoms. The molecule has 0 heterocycles. The lowest BCUT2D eigenvalue weighted by Crippen LogP contribution is -2.43. The van der Waals surface area contributed by atoms with E-state index in [1.54, 1.807) is 7.11 Å². The van der Waals surface area contributed by atoms with Crippen LogP contribution in [0.1, 0.15) is 44.1 Å². The zero-order valence-corrected chi connectivity index (χ0v) is 13.6. The summed E-state index contributed by atoms with van der Waals surface area (Å²) in [7, 11) is 3.94. The van der Waals surface area contributed by atoms with Gasteiger partial charge in [-0.1, -0.05) is 43.9 Å². The highest BCUT2D eigenvalue weighted by Crippen LogP contribution is 2.29. The number of benzene rings is 1. The van der Waals surface area contributed by atoms with Gasteiger partial charge in [0, 0.05) is 24.7 Å². The van der Waals surface area contributed by atoms with Gasteiger partial charge < -0.3 is 10.5 Å². The van der Waals surface area contributed by atoms with Crippen molar-refractivity contribution >= 4 is 0 Å². The van der Waals surface area contributed by atoms with E-state index in [0.29, 0.717) is 6.04 Å². The Balaban J connectivity index is 2.03. The molecule has 0 aromatic heterocycles. The minimum absolute atomic E-state index is 0.480. The van der Waals surface area contributed by atoms with E-state index < -0.39 is 0 Å². The SMILES string of the molecule is COc1ccccc1CN(C)C(CN)C1CCCCCC1. The molecule has 1 saturated carbocycles. The Kier molecular flexibility index (Phi) is 6.52. The Morgan fingerprint density at radius 3 is 2.48 bits per heavy atom. The molecule has 1 fully saturated rings. The van der Waals surface area contributed by atoms with E-state index in [1.807, 2.05) is 12.1 Å². The second-order valence-corrected chi connectivity index (χ2v) is 6.28. The fourth-order valence-electron chi connectivity index (χ4n) is 3.65. The monoisotopic (exact) mass is 290 g/mol. The second kappa shape index (κ2) is 8.40. The van der Waals surface area contributed by atoms with Crippen LogP contribution in [-0.2, 0) is 6.54 Å². The maximum absolute atomic E-state index is 6.11. The standard InChI is InChI=1S/C18H30N2O/c1-20(14-16-11-7-8-12-18(16)21-2)17(13-19)15-9-5-3-4-6-10-15/h7-8,11-12,15,17H,3-6,9-10,13-14,19H2,1-2H3. The Labute approximate surface area is 129 Å². The van der Waals surface area contributed by atoms with Gasteiger partial charge in [-0.25, -0.2) is 0 Å². The van der Waals surface area contributed by atoms with Gasteiger partial charge in [0.25, 0.3) is 0 Å². The summed E-state index contributed by atoms with van der Waals surface area (Å²) in [6, 6.07) is 8.76. The summed E-state index contributed by atoms with van der Waals surface area (Å²) in [5.74, 6) is 1.72. The van der Waals surface area contributed by atoms with Crippen LogP contribution in [0.15, 0.2) is 24.3 Å². The molecule has 0 bridgehead atoms. The molecule has 0 amide bonds. The van der Waals surface area contributed by atoms with Crippen LogP contribution in [0.5, 0.6) is 5.75 Å². The van der Waals surface area contributed by atoms with E-state index in [0.717, 1.165) is 24.8 Å². The smallest absolute Gasteiger partial charge is 0.123 e. The fraction of sp³-hybridized carbons (Fsp3) is 0.667. The minimum Gasteiger partial charge on any atom is -0.496 e. The third kappa shape index (κ3) is 4.45. The Morgan fingerprint density at radius 2 is 1.86 bits per heavy atom. The third-order valence-electron chi connectivity index (χ3n) is 4.86. The van der Waals surface area contributed by atoms with Crippen LogP contribution in [0.3, 0.4) is 0 Å². The van der Waals surface area contributed by atoms with Crippen LogP contribution in [0.2, 0.25) is 0 Å². The molecular weight excluding hydrogens is 260 g/mol. The fourth-order valence-corrected chi connectivity index (χ4v) is 3.65. The van der Waals surface area contributed by atoms with E-state index in [9.17, 15) is 0 Å². The van der Waals surface area contributed by atoms with Gasteiger partial charge in [0.1, 0.15) is 5.75 Å². The predicted molar refractivity (Wildman–Crippen MR) is 88.5 cm³/mol. The molecule has 0 saturated heterocycles. The molecule has 0 radical (unpaired) electrons. The van der Waals surface area contributed by atoms with Crippen LogP contribution < -0.4 is 10.5 Å². The molecule has 1 aromatic carbocycles. The topological polar surface area (TPSA) is 38.5 Å². The van der Waals surface area contributed by atoms with Gasteiger partial charge in [0.05, 0.1) is 7.11 Å². The highest BCUT2D eigenvalue weighted by Gasteiger charge is 2.25. The van der Waals surface area contributed by atoms with Gasteiger partial charge in [0.2, 0.25) is 0 Å². The highest BCUT2D eigenvalue weighted by atomic mass is 16.5. The van der Waals surface area contributed by atoms with Gasteiger partial charge in [-0.3, -0.25) is 4.90 Å². The Bertz CT molecular complexity index is 413. The van der Waals surface area contributed by atoms with Crippen molar-refractivity contribution in [2.75, 3.05) is 20.7 Å². The number of rotatable bonds is 6. The molecule has 2 N–H and O–H groups in total. The van der Waals surface area contributed by atoms with Crippen LogP contribution in [0.25, 0.3) is 0 Å². The normalized spacial score (nSPS) is 18.5. The lowest BCUT2D eigenvalue weighted by atomic mass is 9.90. The Hall–Kier alpha value is -1.06. The lowest BCUT2D eigenvalue weighted by molar-refractivity contribution is 0.159. The first-order chi connectivity index (χ1) is 10.3. The molecule has 3 heteroatoms. The van der Waals surface area contributed by atoms with Gasteiger partial charge in [-0.2, -0.15) is 0 Å². The maximum atomic E-state index is 6.11. The van der Waals surface area contributed by atoms with Crippen molar-refractivity contribution in [1.29, 1.82) is 0 Å². The first-order valence-electron chi connectivity index (χ1n) is 8.28. The summed E-state index contributed by atoms with van der Waals surface area (Å²) in [6.07, 6.45) is 8.18. The van der Waals surface area contributed by atoms with Crippen molar-refractivity contribution in [1.82, 2.24) is 4.90 Å². The van der Waals surface area contributed by atoms with Gasteiger partial charge >= 0.3 is 0 Å². The van der Waals surface area contributed by atoms with Crippen LogP contribution >= 0.6 is 0 Å². The molecule has 0 aliphatic heterocycles. The molecule has 1 atom stereocenters. The summed E-state index contributed by atoms with van der Waals surface area (Å²) < 4.78 is 5.47. The minimum atomic E-state index is 0.480. The van der Waals surface area contributed by atoms with Crippen LogP contribution in [0, 0.1) is 5.92 Å². The maximum Gasteiger partial charge on any atom is 0.123 e. The van der Waals surface area contributed by atoms with Crippen molar-refractivity contribution in [3.63, 3.8) is 0 Å². The van der Waals surface area contributed by atoms with Crippen molar-refractivity contribution in [2.24, 2.45) is 11.7 Å². The van der Waals surface area contributed by atoms with E-state index in [2.05, 4.69) is 24.1 Å². The summed E-state index contributed by atoms with van der Waals surface area (Å²) in [6.45, 7) is 1.65. The quantitative estimate of drug-likeness (QED) is 0.816. The number of hydrogen-bond acceptors (Lipinski definition) is 3. The summed E-state index contributed by atoms with van der Waals surface area (Å²) in [5.41, 5.74) is 7.35. The van der Waals surface area contributed by atoms with Gasteiger partial charge in [-0.05, 0) is 31.9 Å². The Morgan fingerprint density at radius 1 is 1.19 bits per heavy atom. The number of likely N-dealkylation sites (N-methyl/N-ethyl adjacent to an activating group) is 1. The first kappa shape index (κ1) is 16.3. The number of nitrogens with two attached hydrogens (primary N) is 1. The average Bonchev–Trinajstić information content (AvgIpc) is 2.78. The van der Waals surface area contributed by atoms with Crippen molar-refractivity contribution in [2.45, 2.75) is 51.1 Å². The molecule has 1 aliphatic rings. The van der Waals surface area contributed by atoms with E-state index >= 15 is 0 Å². The van der Waals surface area contributed by atoms with Gasteiger partial charge in [0.15, 0.2) is 0 Å². The third-order valence-corrected chi connectivity index (χ3v) is 4.86. The zero-order valence-electron chi connectivity index (χ0n) is 13.6. The van der Waals surface area contributed by atoms with Crippen LogP contribution in [0.4, 0.5) is 0 Å². The molecule has 118 valence electrons. The summed E-state index contributed by atoms with van der Waals surface area (Å²) in [5, 5.41) is 0. The number of para-hydroxylation sites is 1. The molecule has 1 aromatic rings. The number of nitrogens with zero attached hydrogens (tertiary/aromatic N) is 1. The zero-order chi connectivity index (χ0) is 15.1. The van der Waals surface area contributed by atoms with E-state index in [4.69, 9.17) is 10.5 Å². The lowest BCUT2D eigenvalue weighted by Gasteiger charge is -2.34. The average molecular weight is 290 g/mol. The molecule has 3 nitrogen and oxygen atoms in total. The molecule has 1 unspecified atom stereocenters. The van der Waals surface area contributed by atoms with Crippen molar-refractivity contribution in [3.8, 4) is 5.75 Å². The van der Waals surface area contributed by atoms with E-state index in [1.165, 1.54) is 44.1 Å². The summed E-state index contributed by atoms with van der Waals surface area (Å²) >= 11 is 0. The highest BCUT2D eigenvalue weighted by molar-refractivity contribution is 5.33. The largest absolute Gasteiger partial charge is 0.496 e. The molecule has 21 heavy (non-hydrogen) atoms. The molecule has 1 aliphatic carbocycles. The van der Waals surface area contributed by atoms with Crippen molar-refractivity contribution in [3.05, 3.63) is 29.8 Å². The van der Waals surface area contributed by atoms with Crippen molar-refractivity contribution < 1.29 is 4.74 Å². The number of ether oxygens (including phenoxy) is 1. The molecular formula is C18H30N2O. The first-order valence-corrected chi connectivity index (χ1v) is 8.28. The van der Waals surface area contributed by atoms with Gasteiger partial charge in [-0.15, -0.1) is 0 Å². The summed E-state index contributed by atoms with van der Waals surface area (Å²) in [4.78, 5) is 2.42.